The summed E-state index contributed by atoms with van der Waals surface area (Å²) in [5.74, 6) is 0.260. The molecule has 0 atom stereocenters. The molecule has 22 heavy (non-hydrogen) atoms. The van der Waals surface area contributed by atoms with Gasteiger partial charge in [0.05, 0.1) is 6.26 Å². The minimum absolute atomic E-state index is 0.0956. The fourth-order valence-electron chi connectivity index (χ4n) is 2.85. The summed E-state index contributed by atoms with van der Waals surface area (Å²) >= 11 is 0. The first-order chi connectivity index (χ1) is 10.6. The Morgan fingerprint density at radius 2 is 1.45 bits per heavy atom. The zero-order chi connectivity index (χ0) is 15.5. The van der Waals surface area contributed by atoms with E-state index in [0.717, 1.165) is 26.2 Å². The molecule has 2 saturated heterocycles. The molecule has 7 nitrogen and oxygen atoms in total. The van der Waals surface area contributed by atoms with Gasteiger partial charge in [-0.25, -0.2) is 4.79 Å². The molecule has 0 saturated carbocycles. The number of furan rings is 1. The zero-order valence-electron chi connectivity index (χ0n) is 12.9. The van der Waals surface area contributed by atoms with Crippen LogP contribution in [0.1, 0.15) is 10.6 Å². The van der Waals surface area contributed by atoms with E-state index in [9.17, 15) is 9.59 Å². The molecule has 0 spiro atoms. The number of nitrogens with zero attached hydrogens (tertiary/aromatic N) is 4. The van der Waals surface area contributed by atoms with Gasteiger partial charge in [0.15, 0.2) is 5.76 Å². The van der Waals surface area contributed by atoms with E-state index in [0.29, 0.717) is 31.9 Å². The fraction of sp³-hybridized carbons (Fsp3) is 0.600. The van der Waals surface area contributed by atoms with E-state index in [1.54, 1.807) is 17.0 Å². The van der Waals surface area contributed by atoms with E-state index in [-0.39, 0.29) is 11.9 Å². The van der Waals surface area contributed by atoms with Crippen molar-refractivity contribution in [2.45, 2.75) is 0 Å². The number of urea groups is 1. The Labute approximate surface area is 130 Å². The lowest BCUT2D eigenvalue weighted by atomic mass is 10.3. The number of amides is 3. The second-order valence-electron chi connectivity index (χ2n) is 5.83. The molecule has 0 bridgehead atoms. The minimum atomic E-state index is -0.100. The van der Waals surface area contributed by atoms with Crippen molar-refractivity contribution < 1.29 is 14.0 Å². The van der Waals surface area contributed by atoms with E-state index in [2.05, 4.69) is 11.9 Å². The molecular weight excluding hydrogens is 284 g/mol. The third kappa shape index (κ3) is 3.09. The van der Waals surface area contributed by atoms with Gasteiger partial charge in [-0.2, -0.15) is 0 Å². The van der Waals surface area contributed by atoms with Crippen LogP contribution in [0.5, 0.6) is 0 Å². The molecule has 0 N–H and O–H groups in total. The van der Waals surface area contributed by atoms with Gasteiger partial charge in [0.2, 0.25) is 0 Å². The van der Waals surface area contributed by atoms with Crippen LogP contribution in [0.15, 0.2) is 22.8 Å². The summed E-state index contributed by atoms with van der Waals surface area (Å²) in [6.45, 7) is 5.67. The van der Waals surface area contributed by atoms with Gasteiger partial charge >= 0.3 is 6.03 Å². The lowest BCUT2D eigenvalue weighted by Crippen LogP contribution is -2.57. The predicted octanol–water partition coefficient (Wildman–Crippen LogP) is 0.405. The molecule has 2 aliphatic heterocycles. The first-order valence-corrected chi connectivity index (χ1v) is 7.70. The highest BCUT2D eigenvalue weighted by atomic mass is 16.3. The molecule has 1 aromatic rings. The van der Waals surface area contributed by atoms with Crippen molar-refractivity contribution in [3.63, 3.8) is 0 Å². The highest BCUT2D eigenvalue weighted by Crippen LogP contribution is 2.12. The molecule has 7 heteroatoms. The Morgan fingerprint density at radius 3 is 2.00 bits per heavy atom. The number of hydrogen-bond donors (Lipinski definition) is 0. The van der Waals surface area contributed by atoms with Crippen LogP contribution in [-0.4, -0.2) is 90.9 Å². The van der Waals surface area contributed by atoms with Crippen LogP contribution in [-0.2, 0) is 0 Å². The zero-order valence-corrected chi connectivity index (χ0v) is 12.9. The van der Waals surface area contributed by atoms with E-state index in [1.165, 1.54) is 6.26 Å². The molecule has 0 unspecified atom stereocenters. The van der Waals surface area contributed by atoms with Crippen molar-refractivity contribution in [1.29, 1.82) is 0 Å². The maximum atomic E-state index is 12.5. The quantitative estimate of drug-likeness (QED) is 0.754. The standard InChI is InChI=1S/C15H22N4O3/c1-16-4-6-18(7-5-16)15(21)19-10-8-17(9-11-19)14(20)13-3-2-12-22-13/h2-3,12H,4-11H2,1H3. The van der Waals surface area contributed by atoms with Crippen LogP contribution in [0, 0.1) is 0 Å². The summed E-state index contributed by atoms with van der Waals surface area (Å²) in [7, 11) is 2.07. The van der Waals surface area contributed by atoms with Gasteiger partial charge < -0.3 is 24.0 Å². The van der Waals surface area contributed by atoms with Crippen molar-refractivity contribution in [3.05, 3.63) is 24.2 Å². The van der Waals surface area contributed by atoms with Gasteiger partial charge in [0.1, 0.15) is 0 Å². The predicted molar refractivity (Wildman–Crippen MR) is 80.7 cm³/mol. The maximum Gasteiger partial charge on any atom is 0.320 e. The first-order valence-electron chi connectivity index (χ1n) is 7.70. The SMILES string of the molecule is CN1CCN(C(=O)N2CCN(C(=O)c3ccco3)CC2)CC1. The molecular formula is C15H22N4O3. The largest absolute Gasteiger partial charge is 0.459 e. The van der Waals surface area contributed by atoms with E-state index in [4.69, 9.17) is 4.42 Å². The fourth-order valence-corrected chi connectivity index (χ4v) is 2.85. The van der Waals surface area contributed by atoms with Crippen molar-refractivity contribution in [2.24, 2.45) is 0 Å². The van der Waals surface area contributed by atoms with Gasteiger partial charge in [-0.15, -0.1) is 0 Å². The average molecular weight is 306 g/mol. The second kappa shape index (κ2) is 6.39. The molecule has 3 heterocycles. The number of carbonyl (C=O) groups excluding carboxylic acids is 2. The van der Waals surface area contributed by atoms with Crippen LogP contribution in [0.25, 0.3) is 0 Å². The highest BCUT2D eigenvalue weighted by molar-refractivity contribution is 5.91. The van der Waals surface area contributed by atoms with Crippen LogP contribution in [0.2, 0.25) is 0 Å². The van der Waals surface area contributed by atoms with Gasteiger partial charge in [-0.05, 0) is 19.2 Å². The Kier molecular flexibility index (Phi) is 4.33. The van der Waals surface area contributed by atoms with Crippen molar-refractivity contribution in [3.8, 4) is 0 Å². The monoisotopic (exact) mass is 306 g/mol. The Hall–Kier alpha value is -2.02. The van der Waals surface area contributed by atoms with Gasteiger partial charge in [0, 0.05) is 52.4 Å². The number of carbonyl (C=O) groups is 2. The second-order valence-corrected chi connectivity index (χ2v) is 5.83. The van der Waals surface area contributed by atoms with Crippen molar-refractivity contribution >= 4 is 11.9 Å². The van der Waals surface area contributed by atoms with Gasteiger partial charge in [-0.1, -0.05) is 0 Å². The molecule has 3 amide bonds. The molecule has 0 aromatic carbocycles. The van der Waals surface area contributed by atoms with E-state index >= 15 is 0 Å². The number of hydrogen-bond acceptors (Lipinski definition) is 4. The summed E-state index contributed by atoms with van der Waals surface area (Å²) in [5.41, 5.74) is 0. The molecule has 2 fully saturated rings. The smallest absolute Gasteiger partial charge is 0.320 e. The van der Waals surface area contributed by atoms with Crippen LogP contribution >= 0.6 is 0 Å². The highest BCUT2D eigenvalue weighted by Gasteiger charge is 2.29. The van der Waals surface area contributed by atoms with Crippen molar-refractivity contribution in [1.82, 2.24) is 19.6 Å². The van der Waals surface area contributed by atoms with Gasteiger partial charge in [0.25, 0.3) is 5.91 Å². The summed E-state index contributed by atoms with van der Waals surface area (Å²) < 4.78 is 5.14. The number of likely N-dealkylation sites (N-methyl/N-ethyl adjacent to an activating group) is 1. The average Bonchev–Trinajstić information content (AvgIpc) is 3.09. The topological polar surface area (TPSA) is 60.2 Å². The first kappa shape index (κ1) is 14.9. The molecule has 0 aliphatic carbocycles. The van der Waals surface area contributed by atoms with E-state index < -0.39 is 0 Å². The maximum absolute atomic E-state index is 12.5. The Bertz CT molecular complexity index is 515. The molecule has 0 radical (unpaired) electrons. The summed E-state index contributed by atoms with van der Waals surface area (Å²) in [4.78, 5) is 32.4. The van der Waals surface area contributed by atoms with Crippen LogP contribution in [0.4, 0.5) is 4.79 Å². The lowest BCUT2D eigenvalue weighted by Gasteiger charge is -2.39. The van der Waals surface area contributed by atoms with Crippen molar-refractivity contribution in [2.75, 3.05) is 59.4 Å². The van der Waals surface area contributed by atoms with E-state index in [1.807, 2.05) is 9.80 Å². The summed E-state index contributed by atoms with van der Waals surface area (Å²) in [6.07, 6.45) is 1.50. The third-order valence-corrected chi connectivity index (χ3v) is 4.34. The lowest BCUT2D eigenvalue weighted by molar-refractivity contribution is 0.0592. The molecule has 120 valence electrons. The molecule has 3 rings (SSSR count). The molecule has 1 aromatic heterocycles. The Morgan fingerprint density at radius 1 is 0.909 bits per heavy atom. The number of piperazine rings is 2. The van der Waals surface area contributed by atoms with Crippen LogP contribution in [0.3, 0.4) is 0 Å². The normalized spacial score (nSPS) is 20.3. The third-order valence-electron chi connectivity index (χ3n) is 4.34. The number of rotatable bonds is 1. The minimum Gasteiger partial charge on any atom is -0.459 e. The molecule has 2 aliphatic rings. The van der Waals surface area contributed by atoms with Gasteiger partial charge in [-0.3, -0.25) is 4.79 Å². The summed E-state index contributed by atoms with van der Waals surface area (Å²) in [6, 6.07) is 3.47. The summed E-state index contributed by atoms with van der Waals surface area (Å²) in [5, 5.41) is 0. The Balaban J connectivity index is 1.51. The van der Waals surface area contributed by atoms with Crippen LogP contribution < -0.4 is 0 Å².